The van der Waals surface area contributed by atoms with Crippen molar-refractivity contribution >= 4 is 28.3 Å². The van der Waals surface area contributed by atoms with Gasteiger partial charge in [-0.05, 0) is 46.0 Å². The lowest BCUT2D eigenvalue weighted by Gasteiger charge is -2.30. The lowest BCUT2D eigenvalue weighted by atomic mass is 10.2. The molecule has 1 N–H and O–H groups in total. The van der Waals surface area contributed by atoms with E-state index in [-0.39, 0.29) is 18.0 Å². The van der Waals surface area contributed by atoms with Gasteiger partial charge in [0, 0.05) is 24.7 Å². The monoisotopic (exact) mass is 376 g/mol. The number of piperidine rings is 1. The maximum atomic E-state index is 12.7. The first-order valence-electron chi connectivity index (χ1n) is 8.94. The van der Waals surface area contributed by atoms with E-state index < -0.39 is 5.60 Å². The lowest BCUT2D eigenvalue weighted by Crippen LogP contribution is -2.47. The Bertz CT molecular complexity index is 866. The SMILES string of the molecule is Cc1nc2sccn2c1C(=O)NCC1C2CC2CN1C(=O)OC(C)(C)C. The molecule has 1 saturated carbocycles. The number of imidazole rings is 1. The number of nitrogens with one attached hydrogen (secondary N) is 1. The summed E-state index contributed by atoms with van der Waals surface area (Å²) in [6.07, 6.45) is 2.69. The third kappa shape index (κ3) is 3.06. The highest BCUT2D eigenvalue weighted by molar-refractivity contribution is 7.15. The zero-order valence-electron chi connectivity index (χ0n) is 15.5. The van der Waals surface area contributed by atoms with E-state index in [1.54, 1.807) is 4.90 Å². The number of aromatic nitrogens is 2. The number of hydrogen-bond donors (Lipinski definition) is 1. The number of hydrogen-bond acceptors (Lipinski definition) is 5. The van der Waals surface area contributed by atoms with Crippen LogP contribution in [0.2, 0.25) is 0 Å². The van der Waals surface area contributed by atoms with Crippen LogP contribution in [-0.4, -0.2) is 51.0 Å². The standard InChI is InChI=1S/C18H24N4O3S/c1-10-14(21-5-6-26-16(21)20-10)15(23)19-8-13-12-7-11(12)9-22(13)17(24)25-18(2,3)4/h5-6,11-13H,7-9H2,1-4H3,(H,19,23). The van der Waals surface area contributed by atoms with Crippen LogP contribution in [0.3, 0.4) is 0 Å². The molecule has 2 aromatic rings. The second-order valence-corrected chi connectivity index (χ2v) is 9.04. The maximum absolute atomic E-state index is 12.7. The Balaban J connectivity index is 1.44. The largest absolute Gasteiger partial charge is 0.444 e. The summed E-state index contributed by atoms with van der Waals surface area (Å²) in [6, 6.07) is 0.00462. The van der Waals surface area contributed by atoms with Crippen molar-refractivity contribution in [2.45, 2.75) is 45.8 Å². The van der Waals surface area contributed by atoms with Crippen LogP contribution in [0.15, 0.2) is 11.6 Å². The summed E-state index contributed by atoms with van der Waals surface area (Å²) in [5, 5.41) is 4.92. The first-order chi connectivity index (χ1) is 12.2. The normalized spacial score (nSPS) is 24.6. The molecule has 2 amide bonds. The van der Waals surface area contributed by atoms with Crippen molar-refractivity contribution in [3.05, 3.63) is 23.0 Å². The molecule has 8 heteroatoms. The van der Waals surface area contributed by atoms with Gasteiger partial charge in [0.15, 0.2) is 4.96 Å². The summed E-state index contributed by atoms with van der Waals surface area (Å²) >= 11 is 1.50. The van der Waals surface area contributed by atoms with Crippen LogP contribution < -0.4 is 5.32 Å². The lowest BCUT2D eigenvalue weighted by molar-refractivity contribution is 0.0192. The number of carbonyl (C=O) groups is 2. The molecule has 0 radical (unpaired) electrons. The van der Waals surface area contributed by atoms with Crippen molar-refractivity contribution in [1.29, 1.82) is 0 Å². The van der Waals surface area contributed by atoms with Crippen molar-refractivity contribution in [2.75, 3.05) is 13.1 Å². The molecular formula is C18H24N4O3S. The summed E-state index contributed by atoms with van der Waals surface area (Å²) in [6.45, 7) is 8.61. The minimum Gasteiger partial charge on any atom is -0.444 e. The van der Waals surface area contributed by atoms with E-state index in [4.69, 9.17) is 4.74 Å². The molecule has 0 spiro atoms. The molecule has 140 valence electrons. The molecule has 2 fully saturated rings. The van der Waals surface area contributed by atoms with Gasteiger partial charge < -0.3 is 15.0 Å². The number of thiazole rings is 1. The molecule has 0 aromatic carbocycles. The van der Waals surface area contributed by atoms with Crippen molar-refractivity contribution < 1.29 is 14.3 Å². The van der Waals surface area contributed by atoms with Crippen molar-refractivity contribution in [3.63, 3.8) is 0 Å². The first kappa shape index (κ1) is 17.3. The first-order valence-corrected chi connectivity index (χ1v) is 9.82. The molecule has 0 bridgehead atoms. The fraction of sp³-hybridized carbons (Fsp3) is 0.611. The molecule has 3 heterocycles. The number of fused-ring (bicyclic) bond motifs is 2. The minimum absolute atomic E-state index is 0.00462. The summed E-state index contributed by atoms with van der Waals surface area (Å²) in [5.41, 5.74) is 0.765. The number of ether oxygens (including phenoxy) is 1. The predicted molar refractivity (Wildman–Crippen MR) is 98.5 cm³/mol. The van der Waals surface area contributed by atoms with Gasteiger partial charge in [-0.25, -0.2) is 9.78 Å². The Kier molecular flexibility index (Phi) is 3.98. The van der Waals surface area contributed by atoms with Crippen molar-refractivity contribution in [2.24, 2.45) is 11.8 Å². The number of nitrogens with zero attached hydrogens (tertiary/aromatic N) is 3. The summed E-state index contributed by atoms with van der Waals surface area (Å²) < 4.78 is 7.34. The Labute approximate surface area is 156 Å². The number of rotatable bonds is 3. The van der Waals surface area contributed by atoms with Gasteiger partial charge in [0.05, 0.1) is 11.7 Å². The topological polar surface area (TPSA) is 75.9 Å². The van der Waals surface area contributed by atoms with Gasteiger partial charge in [-0.1, -0.05) is 0 Å². The highest BCUT2D eigenvalue weighted by atomic mass is 32.1. The molecule has 4 rings (SSSR count). The Hall–Kier alpha value is -2.09. The number of carbonyl (C=O) groups excluding carboxylic acids is 2. The highest BCUT2D eigenvalue weighted by Gasteiger charge is 2.54. The summed E-state index contributed by atoms with van der Waals surface area (Å²) in [5.74, 6) is 0.863. The van der Waals surface area contributed by atoms with Gasteiger partial charge >= 0.3 is 6.09 Å². The average Bonchev–Trinajstić information content (AvgIpc) is 2.86. The van der Waals surface area contributed by atoms with E-state index >= 15 is 0 Å². The molecule has 2 aliphatic rings. The number of amides is 2. The Morgan fingerprint density at radius 1 is 1.42 bits per heavy atom. The van der Waals surface area contributed by atoms with Gasteiger partial charge in [-0.2, -0.15) is 0 Å². The van der Waals surface area contributed by atoms with Crippen LogP contribution in [0.5, 0.6) is 0 Å². The maximum Gasteiger partial charge on any atom is 0.410 e. The van der Waals surface area contributed by atoms with Gasteiger partial charge in [0.25, 0.3) is 5.91 Å². The molecular weight excluding hydrogens is 352 g/mol. The molecule has 3 atom stereocenters. The third-order valence-electron chi connectivity index (χ3n) is 5.05. The van der Waals surface area contributed by atoms with Gasteiger partial charge in [-0.3, -0.25) is 9.20 Å². The van der Waals surface area contributed by atoms with E-state index in [2.05, 4.69) is 10.3 Å². The molecule has 1 aliphatic heterocycles. The van der Waals surface area contributed by atoms with E-state index in [0.717, 1.165) is 17.9 Å². The van der Waals surface area contributed by atoms with Crippen LogP contribution in [0.1, 0.15) is 43.4 Å². The molecule has 3 unspecified atom stereocenters. The van der Waals surface area contributed by atoms with Crippen molar-refractivity contribution in [1.82, 2.24) is 19.6 Å². The van der Waals surface area contributed by atoms with Gasteiger partial charge in [0.2, 0.25) is 0 Å². The van der Waals surface area contributed by atoms with Crippen LogP contribution in [0.25, 0.3) is 4.96 Å². The van der Waals surface area contributed by atoms with Gasteiger partial charge in [0.1, 0.15) is 11.3 Å². The van der Waals surface area contributed by atoms with E-state index in [0.29, 0.717) is 29.8 Å². The molecule has 7 nitrogen and oxygen atoms in total. The summed E-state index contributed by atoms with van der Waals surface area (Å²) in [4.78, 5) is 32.2. The predicted octanol–water partition coefficient (Wildman–Crippen LogP) is 2.69. The Morgan fingerprint density at radius 3 is 2.92 bits per heavy atom. The van der Waals surface area contributed by atoms with Crippen LogP contribution >= 0.6 is 11.3 Å². The quantitative estimate of drug-likeness (QED) is 0.894. The minimum atomic E-state index is -0.517. The average molecular weight is 376 g/mol. The van der Waals surface area contributed by atoms with Crippen LogP contribution in [-0.2, 0) is 4.74 Å². The van der Waals surface area contributed by atoms with E-state index in [1.807, 2.05) is 43.7 Å². The highest BCUT2D eigenvalue weighted by Crippen LogP contribution is 2.49. The fourth-order valence-electron chi connectivity index (χ4n) is 3.81. The third-order valence-corrected chi connectivity index (χ3v) is 5.81. The fourth-order valence-corrected chi connectivity index (χ4v) is 4.57. The van der Waals surface area contributed by atoms with E-state index in [9.17, 15) is 9.59 Å². The smallest absolute Gasteiger partial charge is 0.410 e. The zero-order valence-corrected chi connectivity index (χ0v) is 16.3. The molecule has 2 aromatic heterocycles. The van der Waals surface area contributed by atoms with Gasteiger partial charge in [-0.15, -0.1) is 11.3 Å². The number of likely N-dealkylation sites (tertiary alicyclic amines) is 1. The zero-order chi connectivity index (χ0) is 18.6. The molecule has 1 saturated heterocycles. The Morgan fingerprint density at radius 2 is 2.19 bits per heavy atom. The summed E-state index contributed by atoms with van der Waals surface area (Å²) in [7, 11) is 0. The molecule has 26 heavy (non-hydrogen) atoms. The number of aryl methyl sites for hydroxylation is 1. The second-order valence-electron chi connectivity index (χ2n) is 8.17. The van der Waals surface area contributed by atoms with Crippen LogP contribution in [0.4, 0.5) is 4.79 Å². The van der Waals surface area contributed by atoms with Crippen molar-refractivity contribution in [3.8, 4) is 0 Å². The van der Waals surface area contributed by atoms with Crippen LogP contribution in [0, 0.1) is 18.8 Å². The second kappa shape index (κ2) is 5.97. The van der Waals surface area contributed by atoms with E-state index in [1.165, 1.54) is 11.3 Å². The molecule has 1 aliphatic carbocycles.